The molecule has 17 heavy (non-hydrogen) atoms. The lowest BCUT2D eigenvalue weighted by Gasteiger charge is -2.36. The largest absolute Gasteiger partial charge is 0.462 e. The predicted octanol–water partition coefficient (Wildman–Crippen LogP) is 4.08. The van der Waals surface area contributed by atoms with Crippen LogP contribution in [0.1, 0.15) is 71.1 Å². The standard InChI is InChI=1S/C15H26O2/c1-12(16)17-15(13-8-4-2-5-9-13)14-10-6-3-7-11-14/h13-15H,2-11H2,1H3. The fourth-order valence-corrected chi connectivity index (χ4v) is 3.69. The molecule has 0 aromatic heterocycles. The Labute approximate surface area is 105 Å². The highest BCUT2D eigenvalue weighted by Crippen LogP contribution is 2.37. The summed E-state index contributed by atoms with van der Waals surface area (Å²) < 4.78 is 5.69. The minimum absolute atomic E-state index is 0.0776. The van der Waals surface area contributed by atoms with Gasteiger partial charge in [-0.2, -0.15) is 0 Å². The Balaban J connectivity index is 1.97. The van der Waals surface area contributed by atoms with Gasteiger partial charge in [0.2, 0.25) is 0 Å². The van der Waals surface area contributed by atoms with Crippen molar-refractivity contribution in [1.82, 2.24) is 0 Å². The van der Waals surface area contributed by atoms with Crippen LogP contribution >= 0.6 is 0 Å². The maximum Gasteiger partial charge on any atom is 0.302 e. The average molecular weight is 238 g/mol. The molecule has 0 aromatic carbocycles. The van der Waals surface area contributed by atoms with Gasteiger partial charge in [-0.1, -0.05) is 38.5 Å². The van der Waals surface area contributed by atoms with Crippen molar-refractivity contribution in [3.8, 4) is 0 Å². The summed E-state index contributed by atoms with van der Waals surface area (Å²) in [5, 5.41) is 0. The highest BCUT2D eigenvalue weighted by molar-refractivity contribution is 5.66. The van der Waals surface area contributed by atoms with Gasteiger partial charge in [-0.15, -0.1) is 0 Å². The maximum absolute atomic E-state index is 11.3. The molecule has 0 atom stereocenters. The fourth-order valence-electron chi connectivity index (χ4n) is 3.69. The van der Waals surface area contributed by atoms with E-state index in [1.165, 1.54) is 64.2 Å². The molecular weight excluding hydrogens is 212 g/mol. The van der Waals surface area contributed by atoms with Crippen molar-refractivity contribution >= 4 is 5.97 Å². The van der Waals surface area contributed by atoms with Gasteiger partial charge in [0.15, 0.2) is 0 Å². The lowest BCUT2D eigenvalue weighted by atomic mass is 9.75. The quantitative estimate of drug-likeness (QED) is 0.692. The van der Waals surface area contributed by atoms with Crippen LogP contribution in [0, 0.1) is 11.8 Å². The number of hydrogen-bond donors (Lipinski definition) is 0. The summed E-state index contributed by atoms with van der Waals surface area (Å²) in [4.78, 5) is 11.3. The van der Waals surface area contributed by atoms with Crippen LogP contribution < -0.4 is 0 Å². The van der Waals surface area contributed by atoms with Gasteiger partial charge in [0.05, 0.1) is 0 Å². The molecule has 0 heterocycles. The minimum atomic E-state index is -0.0776. The van der Waals surface area contributed by atoms with E-state index in [4.69, 9.17) is 4.74 Å². The second kappa shape index (κ2) is 6.42. The van der Waals surface area contributed by atoms with E-state index in [0.29, 0.717) is 11.8 Å². The Morgan fingerprint density at radius 2 is 1.29 bits per heavy atom. The first kappa shape index (κ1) is 12.9. The normalized spacial score (nSPS) is 23.9. The minimum Gasteiger partial charge on any atom is -0.462 e. The molecule has 2 saturated carbocycles. The molecule has 0 aromatic rings. The monoisotopic (exact) mass is 238 g/mol. The van der Waals surface area contributed by atoms with E-state index in [2.05, 4.69) is 0 Å². The lowest BCUT2D eigenvalue weighted by Crippen LogP contribution is -2.36. The van der Waals surface area contributed by atoms with Crippen LogP contribution in [0.2, 0.25) is 0 Å². The third-order valence-corrected chi connectivity index (χ3v) is 4.53. The predicted molar refractivity (Wildman–Crippen MR) is 68.7 cm³/mol. The number of hydrogen-bond acceptors (Lipinski definition) is 2. The van der Waals surface area contributed by atoms with Gasteiger partial charge < -0.3 is 4.74 Å². The Morgan fingerprint density at radius 1 is 0.882 bits per heavy atom. The van der Waals surface area contributed by atoms with Crippen LogP contribution in [0.3, 0.4) is 0 Å². The first-order chi connectivity index (χ1) is 8.27. The van der Waals surface area contributed by atoms with Crippen LogP contribution in [-0.2, 0) is 9.53 Å². The molecule has 2 heteroatoms. The zero-order chi connectivity index (χ0) is 12.1. The molecule has 0 N–H and O–H groups in total. The van der Waals surface area contributed by atoms with Crippen molar-refractivity contribution in [3.05, 3.63) is 0 Å². The summed E-state index contributed by atoms with van der Waals surface area (Å²) in [6, 6.07) is 0. The molecule has 0 bridgehead atoms. The van der Waals surface area contributed by atoms with Gasteiger partial charge in [0, 0.05) is 6.92 Å². The summed E-state index contributed by atoms with van der Waals surface area (Å²) >= 11 is 0. The highest BCUT2D eigenvalue weighted by atomic mass is 16.5. The van der Waals surface area contributed by atoms with Gasteiger partial charge >= 0.3 is 5.97 Å². The number of carbonyl (C=O) groups excluding carboxylic acids is 1. The number of ether oxygens (including phenoxy) is 1. The summed E-state index contributed by atoms with van der Waals surface area (Å²) in [6.07, 6.45) is 13.4. The second-order valence-electron chi connectivity index (χ2n) is 5.87. The van der Waals surface area contributed by atoms with Gasteiger partial charge in [0.25, 0.3) is 0 Å². The molecule has 0 unspecified atom stereocenters. The molecule has 2 aliphatic rings. The van der Waals surface area contributed by atoms with E-state index in [0.717, 1.165) is 0 Å². The number of esters is 1. The van der Waals surface area contributed by atoms with Crippen LogP contribution in [0.4, 0.5) is 0 Å². The van der Waals surface area contributed by atoms with E-state index in [1.54, 1.807) is 6.92 Å². The third kappa shape index (κ3) is 3.72. The first-order valence-corrected chi connectivity index (χ1v) is 7.44. The SMILES string of the molecule is CC(=O)OC(C1CCCCC1)C1CCCCC1. The van der Waals surface area contributed by atoms with Crippen molar-refractivity contribution in [3.63, 3.8) is 0 Å². The molecule has 0 radical (unpaired) electrons. The van der Waals surface area contributed by atoms with Crippen molar-refractivity contribution in [2.75, 3.05) is 0 Å². The zero-order valence-corrected chi connectivity index (χ0v) is 11.1. The molecule has 98 valence electrons. The average Bonchev–Trinajstić information content (AvgIpc) is 2.38. The molecule has 2 nitrogen and oxygen atoms in total. The first-order valence-electron chi connectivity index (χ1n) is 7.44. The summed E-state index contributed by atoms with van der Waals surface area (Å²) in [5.41, 5.74) is 0. The van der Waals surface area contributed by atoms with Crippen molar-refractivity contribution in [2.45, 2.75) is 77.2 Å². The third-order valence-electron chi connectivity index (χ3n) is 4.53. The topological polar surface area (TPSA) is 26.3 Å². The number of rotatable bonds is 3. The number of carbonyl (C=O) groups is 1. The van der Waals surface area contributed by atoms with E-state index in [9.17, 15) is 4.79 Å². The van der Waals surface area contributed by atoms with Crippen LogP contribution in [-0.4, -0.2) is 12.1 Å². The maximum atomic E-state index is 11.3. The summed E-state index contributed by atoms with van der Waals surface area (Å²) in [5.74, 6) is 1.22. The van der Waals surface area contributed by atoms with E-state index in [-0.39, 0.29) is 12.1 Å². The van der Waals surface area contributed by atoms with E-state index in [1.807, 2.05) is 0 Å². The van der Waals surface area contributed by atoms with Gasteiger partial charge in [-0.05, 0) is 37.5 Å². The van der Waals surface area contributed by atoms with Crippen molar-refractivity contribution in [2.24, 2.45) is 11.8 Å². The Bertz CT molecular complexity index is 219. The molecule has 2 aliphatic carbocycles. The molecule has 0 spiro atoms. The zero-order valence-electron chi connectivity index (χ0n) is 11.1. The fraction of sp³-hybridized carbons (Fsp3) is 0.933. The van der Waals surface area contributed by atoms with Crippen LogP contribution in [0.25, 0.3) is 0 Å². The van der Waals surface area contributed by atoms with Crippen molar-refractivity contribution < 1.29 is 9.53 Å². The van der Waals surface area contributed by atoms with Gasteiger partial charge in [0.1, 0.15) is 6.10 Å². The molecule has 0 saturated heterocycles. The van der Waals surface area contributed by atoms with Crippen LogP contribution in [0.5, 0.6) is 0 Å². The molecule has 2 rings (SSSR count). The van der Waals surface area contributed by atoms with E-state index < -0.39 is 0 Å². The molecule has 0 amide bonds. The molecular formula is C15H26O2. The van der Waals surface area contributed by atoms with Crippen molar-refractivity contribution in [1.29, 1.82) is 0 Å². The second-order valence-corrected chi connectivity index (χ2v) is 5.87. The van der Waals surface area contributed by atoms with E-state index >= 15 is 0 Å². The smallest absolute Gasteiger partial charge is 0.302 e. The highest BCUT2D eigenvalue weighted by Gasteiger charge is 2.33. The Hall–Kier alpha value is -0.530. The molecule has 0 aliphatic heterocycles. The van der Waals surface area contributed by atoms with Gasteiger partial charge in [-0.3, -0.25) is 4.79 Å². The summed E-state index contributed by atoms with van der Waals surface area (Å²) in [7, 11) is 0. The molecule has 2 fully saturated rings. The van der Waals surface area contributed by atoms with Crippen LogP contribution in [0.15, 0.2) is 0 Å². The Morgan fingerprint density at radius 3 is 1.65 bits per heavy atom. The lowest BCUT2D eigenvalue weighted by molar-refractivity contribution is -0.154. The van der Waals surface area contributed by atoms with Gasteiger partial charge in [-0.25, -0.2) is 0 Å². The summed E-state index contributed by atoms with van der Waals surface area (Å²) in [6.45, 7) is 1.57. The Kier molecular flexibility index (Phi) is 4.87.